The van der Waals surface area contributed by atoms with Crippen LogP contribution in [0.5, 0.6) is 0 Å². The van der Waals surface area contributed by atoms with Crippen molar-refractivity contribution >= 4 is 25.2 Å². The molecule has 0 saturated heterocycles. The van der Waals surface area contributed by atoms with Gasteiger partial charge in [-0.05, 0) is 12.1 Å². The Bertz CT molecular complexity index is 407. The Labute approximate surface area is 80.4 Å². The lowest BCUT2D eigenvalue weighted by atomic mass is 10.1. The minimum absolute atomic E-state index is 0.194. The van der Waals surface area contributed by atoms with E-state index < -0.39 is 0 Å². The molecule has 0 fully saturated rings. The summed E-state index contributed by atoms with van der Waals surface area (Å²) in [7, 11) is 0. The number of hydrogen-bond donors (Lipinski definition) is 1. The number of nitrogens with zero attached hydrogens (tertiary/aromatic N) is 1. The Hall–Kier alpha value is -1.60. The molecule has 0 heterocycles. The first-order valence-electron chi connectivity index (χ1n) is 3.40. The van der Waals surface area contributed by atoms with Gasteiger partial charge in [0.05, 0.1) is 11.6 Å². The Morgan fingerprint density at radius 2 is 2.00 bits per heavy atom. The van der Waals surface area contributed by atoms with Crippen LogP contribution >= 0.6 is 12.6 Å². The second kappa shape index (κ2) is 3.87. The van der Waals surface area contributed by atoms with Gasteiger partial charge < -0.3 is 0 Å². The number of benzene rings is 1. The lowest BCUT2D eigenvalue weighted by molar-refractivity contribution is 0.109. The van der Waals surface area contributed by atoms with Crippen LogP contribution in [0.1, 0.15) is 26.3 Å². The van der Waals surface area contributed by atoms with Crippen LogP contribution in [0.25, 0.3) is 0 Å². The molecule has 1 aromatic carbocycles. The van der Waals surface area contributed by atoms with E-state index in [1.54, 1.807) is 0 Å². The zero-order valence-electron chi connectivity index (χ0n) is 6.52. The summed E-state index contributed by atoms with van der Waals surface area (Å²) < 4.78 is 0. The molecular weight excluding hydrogens is 186 g/mol. The highest BCUT2D eigenvalue weighted by Crippen LogP contribution is 2.17. The first kappa shape index (κ1) is 9.49. The average Bonchev–Trinajstić information content (AvgIpc) is 2.16. The van der Waals surface area contributed by atoms with Crippen molar-refractivity contribution < 1.29 is 9.59 Å². The number of rotatable bonds is 2. The van der Waals surface area contributed by atoms with Crippen molar-refractivity contribution in [2.75, 3.05) is 0 Å². The van der Waals surface area contributed by atoms with Crippen molar-refractivity contribution in [3.05, 3.63) is 28.8 Å². The molecule has 1 rings (SSSR count). The molecule has 13 heavy (non-hydrogen) atoms. The van der Waals surface area contributed by atoms with E-state index in [4.69, 9.17) is 5.26 Å². The highest BCUT2D eigenvalue weighted by molar-refractivity contribution is 7.80. The molecule has 0 bridgehead atoms. The second-order valence-electron chi connectivity index (χ2n) is 2.35. The smallest absolute Gasteiger partial charge is 0.151 e. The number of hydrogen-bond acceptors (Lipinski definition) is 4. The summed E-state index contributed by atoms with van der Waals surface area (Å²) in [6, 6.07) is 4.67. The SMILES string of the molecule is N#Cc1cc(S)c(C=O)c(C=O)c1. The van der Waals surface area contributed by atoms with Gasteiger partial charge in [-0.25, -0.2) is 0 Å². The second-order valence-corrected chi connectivity index (χ2v) is 2.83. The van der Waals surface area contributed by atoms with Crippen LogP contribution in [0.3, 0.4) is 0 Å². The largest absolute Gasteiger partial charge is 0.298 e. The minimum Gasteiger partial charge on any atom is -0.298 e. The third kappa shape index (κ3) is 1.76. The van der Waals surface area contributed by atoms with Gasteiger partial charge in [0, 0.05) is 16.0 Å². The molecule has 0 aliphatic carbocycles. The van der Waals surface area contributed by atoms with E-state index in [0.29, 0.717) is 23.0 Å². The molecule has 0 unspecified atom stereocenters. The topological polar surface area (TPSA) is 57.9 Å². The molecule has 3 nitrogen and oxygen atoms in total. The van der Waals surface area contributed by atoms with Crippen LogP contribution in [-0.2, 0) is 0 Å². The molecule has 0 aromatic heterocycles. The van der Waals surface area contributed by atoms with Crippen molar-refractivity contribution in [3.63, 3.8) is 0 Å². The Morgan fingerprint density at radius 1 is 1.31 bits per heavy atom. The maximum Gasteiger partial charge on any atom is 0.151 e. The molecule has 0 radical (unpaired) electrons. The van der Waals surface area contributed by atoms with E-state index in [-0.39, 0.29) is 11.1 Å². The summed E-state index contributed by atoms with van der Waals surface area (Å²) in [4.78, 5) is 21.4. The predicted octanol–water partition coefficient (Wildman–Crippen LogP) is 1.47. The van der Waals surface area contributed by atoms with E-state index in [1.165, 1.54) is 12.1 Å². The monoisotopic (exact) mass is 191 g/mol. The average molecular weight is 191 g/mol. The van der Waals surface area contributed by atoms with E-state index in [2.05, 4.69) is 12.6 Å². The first-order chi connectivity index (χ1) is 6.22. The lowest BCUT2D eigenvalue weighted by Gasteiger charge is -2.00. The van der Waals surface area contributed by atoms with Crippen LogP contribution in [0.4, 0.5) is 0 Å². The molecule has 1 aromatic rings. The molecule has 0 saturated carbocycles. The van der Waals surface area contributed by atoms with Gasteiger partial charge in [0.15, 0.2) is 12.6 Å². The standard InChI is InChI=1S/C9H5NO2S/c10-3-6-1-7(4-11)8(5-12)9(13)2-6/h1-2,4-5,13H. The molecule has 4 heteroatoms. The van der Waals surface area contributed by atoms with Gasteiger partial charge in [0.1, 0.15) is 0 Å². The van der Waals surface area contributed by atoms with Crippen LogP contribution in [0.15, 0.2) is 17.0 Å². The quantitative estimate of drug-likeness (QED) is 0.569. The van der Waals surface area contributed by atoms with Gasteiger partial charge in [-0.1, -0.05) is 0 Å². The molecule has 0 aliphatic rings. The summed E-state index contributed by atoms with van der Waals surface area (Å²) in [5.41, 5.74) is 0.731. The minimum atomic E-state index is 0.194. The summed E-state index contributed by atoms with van der Waals surface area (Å²) in [5.74, 6) is 0. The fourth-order valence-corrected chi connectivity index (χ4v) is 1.27. The maximum atomic E-state index is 10.5. The molecule has 0 spiro atoms. The summed E-state index contributed by atoms with van der Waals surface area (Å²) in [6.45, 7) is 0. The summed E-state index contributed by atoms with van der Waals surface area (Å²) in [5, 5.41) is 8.56. The fraction of sp³-hybridized carbons (Fsp3) is 0. The summed E-state index contributed by atoms with van der Waals surface area (Å²) in [6.07, 6.45) is 1.08. The highest BCUT2D eigenvalue weighted by atomic mass is 32.1. The summed E-state index contributed by atoms with van der Waals surface area (Å²) >= 11 is 3.98. The zero-order chi connectivity index (χ0) is 9.84. The van der Waals surface area contributed by atoms with Crippen LogP contribution in [-0.4, -0.2) is 12.6 Å². The van der Waals surface area contributed by atoms with Gasteiger partial charge in [-0.2, -0.15) is 5.26 Å². The normalized spacial score (nSPS) is 8.92. The Kier molecular flexibility index (Phi) is 2.83. The van der Waals surface area contributed by atoms with Crippen LogP contribution < -0.4 is 0 Å². The Morgan fingerprint density at radius 3 is 2.46 bits per heavy atom. The number of thiol groups is 1. The van der Waals surface area contributed by atoms with Crippen molar-refractivity contribution in [1.82, 2.24) is 0 Å². The Balaban J connectivity index is 3.48. The predicted molar refractivity (Wildman–Crippen MR) is 49.2 cm³/mol. The van der Waals surface area contributed by atoms with Gasteiger partial charge in [-0.15, -0.1) is 12.6 Å². The van der Waals surface area contributed by atoms with E-state index in [9.17, 15) is 9.59 Å². The maximum absolute atomic E-state index is 10.5. The third-order valence-corrected chi connectivity index (χ3v) is 1.93. The van der Waals surface area contributed by atoms with E-state index >= 15 is 0 Å². The van der Waals surface area contributed by atoms with Gasteiger partial charge in [0.25, 0.3) is 0 Å². The molecular formula is C9H5NO2S. The molecule has 0 atom stereocenters. The van der Waals surface area contributed by atoms with Crippen molar-refractivity contribution in [2.24, 2.45) is 0 Å². The molecule has 0 N–H and O–H groups in total. The van der Waals surface area contributed by atoms with Gasteiger partial charge in [0.2, 0.25) is 0 Å². The highest BCUT2D eigenvalue weighted by Gasteiger charge is 2.06. The zero-order valence-corrected chi connectivity index (χ0v) is 7.41. The first-order valence-corrected chi connectivity index (χ1v) is 3.85. The fourth-order valence-electron chi connectivity index (χ4n) is 0.950. The number of nitriles is 1. The number of carbonyl (C=O) groups excluding carboxylic acids is 2. The van der Waals surface area contributed by atoms with Crippen LogP contribution in [0, 0.1) is 11.3 Å². The van der Waals surface area contributed by atoms with Crippen molar-refractivity contribution in [2.45, 2.75) is 4.90 Å². The molecule has 0 aliphatic heterocycles. The number of carbonyl (C=O) groups is 2. The van der Waals surface area contributed by atoms with Gasteiger partial charge in [-0.3, -0.25) is 9.59 Å². The molecule has 64 valence electrons. The van der Waals surface area contributed by atoms with Gasteiger partial charge >= 0.3 is 0 Å². The molecule has 0 amide bonds. The number of aldehydes is 2. The van der Waals surface area contributed by atoms with E-state index in [1.807, 2.05) is 6.07 Å². The van der Waals surface area contributed by atoms with Crippen LogP contribution in [0.2, 0.25) is 0 Å². The third-order valence-electron chi connectivity index (χ3n) is 1.56. The van der Waals surface area contributed by atoms with E-state index in [0.717, 1.165) is 0 Å². The lowest BCUT2D eigenvalue weighted by Crippen LogP contribution is -1.94. The van der Waals surface area contributed by atoms with Crippen molar-refractivity contribution in [1.29, 1.82) is 5.26 Å². The van der Waals surface area contributed by atoms with Crippen molar-refractivity contribution in [3.8, 4) is 6.07 Å².